The minimum atomic E-state index is -0.774. The molecule has 0 fully saturated rings. The van der Waals surface area contributed by atoms with E-state index in [1.54, 1.807) is 0 Å². The maximum absolute atomic E-state index is 12.3. The SMILES string of the molecule is CCCCCCC/C=C\C/C=C\C/C=C\CCCCCCCCCCCCCCCCC(=O)OC(CO)COC(=O)CCCCCCCCC/C=C\CCCCCCCC. The van der Waals surface area contributed by atoms with Crippen molar-refractivity contribution < 1.29 is 24.2 Å². The van der Waals surface area contributed by atoms with Crippen LogP contribution in [0.15, 0.2) is 48.6 Å². The number of carbonyl (C=O) groups is 2. The highest BCUT2D eigenvalue weighted by molar-refractivity contribution is 5.70. The van der Waals surface area contributed by atoms with E-state index in [0.29, 0.717) is 12.8 Å². The molecule has 0 aliphatic carbocycles. The lowest BCUT2D eigenvalue weighted by Crippen LogP contribution is -2.28. The molecule has 0 heterocycles. The maximum atomic E-state index is 12.3. The minimum Gasteiger partial charge on any atom is -0.462 e. The van der Waals surface area contributed by atoms with E-state index in [1.165, 1.54) is 193 Å². The van der Waals surface area contributed by atoms with Crippen molar-refractivity contribution in [1.29, 1.82) is 0 Å². The van der Waals surface area contributed by atoms with Gasteiger partial charge in [0.1, 0.15) is 6.61 Å². The number of unbranched alkanes of at least 4 members (excludes halogenated alkanes) is 32. The molecule has 0 radical (unpaired) electrons. The van der Waals surface area contributed by atoms with Crippen LogP contribution in [-0.2, 0) is 19.1 Å². The smallest absolute Gasteiger partial charge is 0.306 e. The first-order chi connectivity index (χ1) is 29.6. The van der Waals surface area contributed by atoms with Crippen LogP contribution in [0.4, 0.5) is 0 Å². The van der Waals surface area contributed by atoms with E-state index >= 15 is 0 Å². The molecular formula is C55H100O5. The lowest BCUT2D eigenvalue weighted by Gasteiger charge is -2.15. The van der Waals surface area contributed by atoms with E-state index in [4.69, 9.17) is 9.47 Å². The highest BCUT2D eigenvalue weighted by Gasteiger charge is 2.16. The van der Waals surface area contributed by atoms with Gasteiger partial charge in [-0.3, -0.25) is 9.59 Å². The molecule has 0 aromatic carbocycles. The number of hydrogen-bond donors (Lipinski definition) is 1. The van der Waals surface area contributed by atoms with Gasteiger partial charge in [-0.2, -0.15) is 0 Å². The van der Waals surface area contributed by atoms with Crippen LogP contribution in [0.2, 0.25) is 0 Å². The Morgan fingerprint density at radius 3 is 1.02 bits per heavy atom. The van der Waals surface area contributed by atoms with Crippen molar-refractivity contribution in [2.75, 3.05) is 13.2 Å². The van der Waals surface area contributed by atoms with Crippen LogP contribution in [0.1, 0.15) is 271 Å². The second kappa shape index (κ2) is 51.2. The second-order valence-electron chi connectivity index (χ2n) is 17.6. The molecule has 5 nitrogen and oxygen atoms in total. The summed E-state index contributed by atoms with van der Waals surface area (Å²) in [4.78, 5) is 24.4. The first kappa shape index (κ1) is 57.9. The zero-order valence-electron chi connectivity index (χ0n) is 40.0. The van der Waals surface area contributed by atoms with E-state index in [9.17, 15) is 14.7 Å². The van der Waals surface area contributed by atoms with Crippen molar-refractivity contribution >= 4 is 11.9 Å². The molecule has 0 aromatic heterocycles. The van der Waals surface area contributed by atoms with Crippen LogP contribution in [0.25, 0.3) is 0 Å². The lowest BCUT2D eigenvalue weighted by atomic mass is 10.0. The molecule has 0 aromatic rings. The molecule has 0 bridgehead atoms. The van der Waals surface area contributed by atoms with Gasteiger partial charge in [-0.25, -0.2) is 0 Å². The van der Waals surface area contributed by atoms with Gasteiger partial charge in [-0.1, -0.05) is 229 Å². The predicted molar refractivity (Wildman–Crippen MR) is 261 cm³/mol. The van der Waals surface area contributed by atoms with Crippen molar-refractivity contribution in [2.24, 2.45) is 0 Å². The highest BCUT2D eigenvalue weighted by atomic mass is 16.6. The number of ether oxygens (including phenoxy) is 2. The average Bonchev–Trinajstić information content (AvgIpc) is 3.25. The number of hydrogen-bond acceptors (Lipinski definition) is 5. The third-order valence-corrected chi connectivity index (χ3v) is 11.6. The van der Waals surface area contributed by atoms with Crippen molar-refractivity contribution in [3.05, 3.63) is 48.6 Å². The van der Waals surface area contributed by atoms with E-state index < -0.39 is 6.10 Å². The van der Waals surface area contributed by atoms with Gasteiger partial charge in [-0.15, -0.1) is 0 Å². The normalized spacial score (nSPS) is 12.5. The number of aliphatic hydroxyl groups excluding tert-OH is 1. The van der Waals surface area contributed by atoms with E-state index in [-0.39, 0.29) is 25.2 Å². The molecule has 1 N–H and O–H groups in total. The molecular weight excluding hydrogens is 741 g/mol. The first-order valence-corrected chi connectivity index (χ1v) is 26.2. The topological polar surface area (TPSA) is 72.8 Å². The van der Waals surface area contributed by atoms with Crippen LogP contribution in [0.3, 0.4) is 0 Å². The maximum Gasteiger partial charge on any atom is 0.306 e. The Morgan fingerprint density at radius 2 is 0.667 bits per heavy atom. The third kappa shape index (κ3) is 48.5. The van der Waals surface area contributed by atoms with Gasteiger partial charge >= 0.3 is 11.9 Å². The molecule has 350 valence electrons. The van der Waals surface area contributed by atoms with Gasteiger partial charge in [-0.05, 0) is 77.0 Å². The fraction of sp³-hybridized carbons (Fsp3) is 0.818. The average molecular weight is 841 g/mol. The minimum absolute atomic E-state index is 0.0666. The molecule has 5 heteroatoms. The summed E-state index contributed by atoms with van der Waals surface area (Å²) in [6, 6.07) is 0. The summed E-state index contributed by atoms with van der Waals surface area (Å²) in [7, 11) is 0. The summed E-state index contributed by atoms with van der Waals surface area (Å²) in [5, 5.41) is 9.62. The number of allylic oxidation sites excluding steroid dienone is 8. The van der Waals surface area contributed by atoms with Crippen LogP contribution in [0, 0.1) is 0 Å². The Hall–Kier alpha value is -2.14. The first-order valence-electron chi connectivity index (χ1n) is 26.2. The molecule has 0 aliphatic heterocycles. The van der Waals surface area contributed by atoms with E-state index in [1.807, 2.05) is 0 Å². The van der Waals surface area contributed by atoms with Crippen molar-refractivity contribution in [1.82, 2.24) is 0 Å². The Labute approximate surface area is 373 Å². The molecule has 1 unspecified atom stereocenters. The summed E-state index contributed by atoms with van der Waals surface area (Å²) in [5.74, 6) is -0.588. The summed E-state index contributed by atoms with van der Waals surface area (Å²) in [6.07, 6.45) is 66.4. The monoisotopic (exact) mass is 841 g/mol. The number of aliphatic hydroxyl groups is 1. The fourth-order valence-electron chi connectivity index (χ4n) is 7.62. The molecule has 60 heavy (non-hydrogen) atoms. The Balaban J connectivity index is 3.48. The van der Waals surface area contributed by atoms with Crippen molar-refractivity contribution in [3.63, 3.8) is 0 Å². The van der Waals surface area contributed by atoms with Gasteiger partial charge in [0, 0.05) is 12.8 Å². The van der Waals surface area contributed by atoms with Crippen LogP contribution in [0.5, 0.6) is 0 Å². The Morgan fingerprint density at radius 1 is 0.383 bits per heavy atom. The summed E-state index contributed by atoms with van der Waals surface area (Å²) < 4.78 is 10.7. The zero-order valence-corrected chi connectivity index (χ0v) is 40.0. The molecule has 0 spiro atoms. The third-order valence-electron chi connectivity index (χ3n) is 11.6. The fourth-order valence-corrected chi connectivity index (χ4v) is 7.62. The zero-order chi connectivity index (χ0) is 43.5. The van der Waals surface area contributed by atoms with Crippen LogP contribution >= 0.6 is 0 Å². The quantitative estimate of drug-likeness (QED) is 0.0375. The van der Waals surface area contributed by atoms with Crippen molar-refractivity contribution in [3.8, 4) is 0 Å². The number of carbonyl (C=O) groups excluding carboxylic acids is 2. The summed E-state index contributed by atoms with van der Waals surface area (Å²) in [6.45, 7) is 4.14. The molecule has 0 amide bonds. The van der Waals surface area contributed by atoms with Gasteiger partial charge < -0.3 is 14.6 Å². The summed E-state index contributed by atoms with van der Waals surface area (Å²) in [5.41, 5.74) is 0. The molecule has 0 rings (SSSR count). The van der Waals surface area contributed by atoms with Crippen LogP contribution < -0.4 is 0 Å². The second-order valence-corrected chi connectivity index (χ2v) is 17.6. The van der Waals surface area contributed by atoms with Crippen LogP contribution in [-0.4, -0.2) is 36.4 Å². The molecule has 0 saturated heterocycles. The number of esters is 2. The van der Waals surface area contributed by atoms with E-state index in [0.717, 1.165) is 51.4 Å². The Kier molecular flexibility index (Phi) is 49.4. The van der Waals surface area contributed by atoms with Gasteiger partial charge in [0.05, 0.1) is 6.61 Å². The standard InChI is InChI=1S/C55H100O5/c1-3-5-7-9-11-13-15-17-19-21-22-23-24-25-26-27-28-29-30-31-32-34-36-38-40-42-44-46-48-50-55(58)60-53(51-56)52-59-54(57)49-47-45-43-41-39-37-35-33-20-18-16-14-12-10-8-6-4-2/h15,17-18,20-22,24-25,53,56H,3-14,16,19,23,26-52H2,1-2H3/b17-15-,20-18-,22-21-,25-24-. The molecule has 1 atom stereocenters. The predicted octanol–water partition coefficient (Wildman–Crippen LogP) is 17.3. The van der Waals surface area contributed by atoms with Crippen molar-refractivity contribution in [2.45, 2.75) is 277 Å². The van der Waals surface area contributed by atoms with Gasteiger partial charge in [0.2, 0.25) is 0 Å². The highest BCUT2D eigenvalue weighted by Crippen LogP contribution is 2.16. The summed E-state index contributed by atoms with van der Waals surface area (Å²) >= 11 is 0. The molecule has 0 aliphatic rings. The Bertz CT molecular complexity index is 997. The number of rotatable bonds is 48. The van der Waals surface area contributed by atoms with Gasteiger partial charge in [0.15, 0.2) is 6.10 Å². The van der Waals surface area contributed by atoms with Gasteiger partial charge in [0.25, 0.3) is 0 Å². The van der Waals surface area contributed by atoms with E-state index in [2.05, 4.69) is 62.5 Å². The largest absolute Gasteiger partial charge is 0.462 e. The molecule has 0 saturated carbocycles. The lowest BCUT2D eigenvalue weighted by molar-refractivity contribution is -0.161.